The van der Waals surface area contributed by atoms with E-state index >= 15 is 0 Å². The summed E-state index contributed by atoms with van der Waals surface area (Å²) in [4.78, 5) is 10.8. The van der Waals surface area contributed by atoms with Gasteiger partial charge in [0.1, 0.15) is 0 Å². The van der Waals surface area contributed by atoms with Gasteiger partial charge in [-0.25, -0.2) is 0 Å². The summed E-state index contributed by atoms with van der Waals surface area (Å²) < 4.78 is 11.8. The molecule has 0 saturated carbocycles. The van der Waals surface area contributed by atoms with Crippen LogP contribution in [0.4, 0.5) is 0 Å². The van der Waals surface area contributed by atoms with E-state index in [2.05, 4.69) is 33.0 Å². The Kier molecular flexibility index (Phi) is 6.09. The molecule has 0 radical (unpaired) electrons. The molecule has 2 unspecified atom stereocenters. The summed E-state index contributed by atoms with van der Waals surface area (Å²) in [5.41, 5.74) is 0. The molecule has 4 nitrogen and oxygen atoms in total. The van der Waals surface area contributed by atoms with E-state index in [-0.39, 0.29) is 18.3 Å². The first-order valence-corrected chi connectivity index (χ1v) is 6.98. The Hall–Kier alpha value is -0.610. The number of amides is 1. The van der Waals surface area contributed by atoms with Crippen molar-refractivity contribution in [1.82, 2.24) is 5.32 Å². The van der Waals surface area contributed by atoms with E-state index in [0.29, 0.717) is 30.9 Å². The average Bonchev–Trinajstić information content (AvgIpc) is 2.34. The van der Waals surface area contributed by atoms with Gasteiger partial charge >= 0.3 is 0 Å². The first-order chi connectivity index (χ1) is 8.47. The lowest BCUT2D eigenvalue weighted by atomic mass is 9.78. The molecular formula is C14H27NO3. The highest BCUT2D eigenvalue weighted by atomic mass is 16.7. The van der Waals surface area contributed by atoms with Gasteiger partial charge in [0.2, 0.25) is 5.91 Å². The predicted octanol–water partition coefficient (Wildman–Crippen LogP) is 2.18. The summed E-state index contributed by atoms with van der Waals surface area (Å²) in [5.74, 6) is 1.53. The van der Waals surface area contributed by atoms with Gasteiger partial charge in [0.25, 0.3) is 0 Å². The summed E-state index contributed by atoms with van der Waals surface area (Å²) >= 11 is 0. The minimum absolute atomic E-state index is 0.0235. The van der Waals surface area contributed by atoms with Crippen molar-refractivity contribution in [1.29, 1.82) is 0 Å². The number of hydrogen-bond acceptors (Lipinski definition) is 3. The monoisotopic (exact) mass is 257 g/mol. The summed E-state index contributed by atoms with van der Waals surface area (Å²) in [6.07, 6.45) is 1.15. The van der Waals surface area contributed by atoms with Gasteiger partial charge in [0, 0.05) is 19.4 Å². The third-order valence-corrected chi connectivity index (χ3v) is 4.14. The van der Waals surface area contributed by atoms with E-state index in [4.69, 9.17) is 9.47 Å². The van der Waals surface area contributed by atoms with E-state index in [9.17, 15) is 4.79 Å². The Morgan fingerprint density at radius 3 is 2.44 bits per heavy atom. The summed E-state index contributed by atoms with van der Waals surface area (Å²) in [6.45, 7) is 11.4. The Balaban J connectivity index is 2.41. The second-order valence-electron chi connectivity index (χ2n) is 5.38. The van der Waals surface area contributed by atoms with E-state index in [1.807, 2.05) is 0 Å². The zero-order valence-corrected chi connectivity index (χ0v) is 12.2. The normalized spacial score (nSPS) is 36.4. The molecule has 1 rings (SSSR count). The molecule has 18 heavy (non-hydrogen) atoms. The zero-order valence-electron chi connectivity index (χ0n) is 12.2. The van der Waals surface area contributed by atoms with Crippen molar-refractivity contribution < 1.29 is 14.3 Å². The van der Waals surface area contributed by atoms with Crippen LogP contribution < -0.4 is 5.32 Å². The predicted molar refractivity (Wildman–Crippen MR) is 71.1 cm³/mol. The Morgan fingerprint density at radius 2 is 1.89 bits per heavy atom. The van der Waals surface area contributed by atoms with Gasteiger partial charge in [-0.05, 0) is 18.3 Å². The first kappa shape index (κ1) is 15.4. The maximum atomic E-state index is 10.8. The number of nitrogens with one attached hydrogen (secondary N) is 1. The fourth-order valence-corrected chi connectivity index (χ4v) is 2.55. The van der Waals surface area contributed by atoms with Gasteiger partial charge in [-0.15, -0.1) is 0 Å². The lowest BCUT2D eigenvalue weighted by Crippen LogP contribution is -2.46. The molecule has 4 heteroatoms. The molecule has 0 aromatic rings. The van der Waals surface area contributed by atoms with Crippen molar-refractivity contribution in [3.63, 3.8) is 0 Å². The van der Waals surface area contributed by atoms with Crippen LogP contribution in [-0.2, 0) is 14.3 Å². The van der Waals surface area contributed by atoms with Gasteiger partial charge in [0.05, 0.1) is 12.7 Å². The van der Waals surface area contributed by atoms with Crippen LogP contribution in [0.25, 0.3) is 0 Å². The summed E-state index contributed by atoms with van der Waals surface area (Å²) in [5, 5.41) is 2.73. The van der Waals surface area contributed by atoms with Crippen LogP contribution >= 0.6 is 0 Å². The van der Waals surface area contributed by atoms with Crippen LogP contribution in [0.15, 0.2) is 0 Å². The number of carbonyl (C=O) groups is 1. The highest BCUT2D eigenvalue weighted by Gasteiger charge is 2.38. The van der Waals surface area contributed by atoms with Crippen LogP contribution in [0.1, 0.15) is 41.0 Å². The molecule has 0 aliphatic carbocycles. The Morgan fingerprint density at radius 1 is 1.22 bits per heavy atom. The third-order valence-electron chi connectivity index (χ3n) is 4.14. The van der Waals surface area contributed by atoms with Gasteiger partial charge in [-0.2, -0.15) is 0 Å². The van der Waals surface area contributed by atoms with Gasteiger partial charge in [-0.3, -0.25) is 4.79 Å². The van der Waals surface area contributed by atoms with Gasteiger partial charge < -0.3 is 14.8 Å². The van der Waals surface area contributed by atoms with E-state index in [1.165, 1.54) is 6.92 Å². The standard InChI is InChI=1S/C14H27NO3/c1-6-13-10(3)9(2)11(4)14(18-13)17-8-7-15-12(5)16/h9-11,13-14H,6-8H2,1-5H3,(H,15,16)/t9?,10-,11-,13?,14-/m0/s1. The molecule has 0 bridgehead atoms. The molecule has 0 aromatic carbocycles. The topological polar surface area (TPSA) is 47.6 Å². The van der Waals surface area contributed by atoms with Crippen LogP contribution in [-0.4, -0.2) is 31.5 Å². The van der Waals surface area contributed by atoms with Gasteiger partial charge in [0.15, 0.2) is 6.29 Å². The molecule has 0 spiro atoms. The molecule has 1 aliphatic rings. The summed E-state index contributed by atoms with van der Waals surface area (Å²) in [7, 11) is 0. The number of rotatable bonds is 5. The largest absolute Gasteiger partial charge is 0.354 e. The smallest absolute Gasteiger partial charge is 0.216 e. The number of carbonyl (C=O) groups excluding carboxylic acids is 1. The Bertz CT molecular complexity index is 268. The fourth-order valence-electron chi connectivity index (χ4n) is 2.55. The average molecular weight is 257 g/mol. The molecule has 5 atom stereocenters. The van der Waals surface area contributed by atoms with Crippen LogP contribution in [0.2, 0.25) is 0 Å². The second-order valence-corrected chi connectivity index (χ2v) is 5.38. The van der Waals surface area contributed by atoms with E-state index in [0.717, 1.165) is 6.42 Å². The van der Waals surface area contributed by atoms with E-state index in [1.54, 1.807) is 0 Å². The summed E-state index contributed by atoms with van der Waals surface area (Å²) in [6, 6.07) is 0. The van der Waals surface area contributed by atoms with E-state index < -0.39 is 0 Å². The van der Waals surface area contributed by atoms with Crippen molar-refractivity contribution in [2.75, 3.05) is 13.2 Å². The molecule has 1 fully saturated rings. The SMILES string of the molecule is CCC1O[C@H](OCCNC(C)=O)[C@@H](C)C(C)[C@@H]1C. The van der Waals surface area contributed by atoms with Crippen LogP contribution in [0.3, 0.4) is 0 Å². The van der Waals surface area contributed by atoms with Crippen molar-refractivity contribution >= 4 is 5.91 Å². The van der Waals surface area contributed by atoms with Gasteiger partial charge in [-0.1, -0.05) is 27.7 Å². The maximum Gasteiger partial charge on any atom is 0.216 e. The minimum Gasteiger partial charge on any atom is -0.354 e. The highest BCUT2D eigenvalue weighted by molar-refractivity contribution is 5.72. The lowest BCUT2D eigenvalue weighted by molar-refractivity contribution is -0.247. The molecule has 1 heterocycles. The maximum absolute atomic E-state index is 10.8. The molecule has 1 aliphatic heterocycles. The third kappa shape index (κ3) is 3.95. The first-order valence-electron chi connectivity index (χ1n) is 6.98. The highest BCUT2D eigenvalue weighted by Crippen LogP contribution is 2.36. The van der Waals surface area contributed by atoms with Crippen molar-refractivity contribution in [3.8, 4) is 0 Å². The zero-order chi connectivity index (χ0) is 13.7. The molecule has 0 aromatic heterocycles. The fraction of sp³-hybridized carbons (Fsp3) is 0.929. The van der Waals surface area contributed by atoms with Crippen LogP contribution in [0, 0.1) is 17.8 Å². The molecule has 1 amide bonds. The quantitative estimate of drug-likeness (QED) is 0.768. The number of hydrogen-bond donors (Lipinski definition) is 1. The lowest BCUT2D eigenvalue weighted by Gasteiger charge is -2.43. The second kappa shape index (κ2) is 7.10. The molecular weight excluding hydrogens is 230 g/mol. The minimum atomic E-state index is -0.144. The van der Waals surface area contributed by atoms with Crippen LogP contribution in [0.5, 0.6) is 0 Å². The number of ether oxygens (including phenoxy) is 2. The molecule has 1 saturated heterocycles. The Labute approximate surface area is 110 Å². The van der Waals surface area contributed by atoms with Crippen molar-refractivity contribution in [3.05, 3.63) is 0 Å². The van der Waals surface area contributed by atoms with Crippen molar-refractivity contribution in [2.45, 2.75) is 53.4 Å². The molecule has 106 valence electrons. The molecule has 1 N–H and O–H groups in total. The van der Waals surface area contributed by atoms with Crippen molar-refractivity contribution in [2.24, 2.45) is 17.8 Å².